The molecule has 8 heterocycles. The summed E-state index contributed by atoms with van der Waals surface area (Å²) in [5, 5.41) is 24.1. The van der Waals surface area contributed by atoms with Crippen LogP contribution in [-0.2, 0) is 78.9 Å². The number of ether oxygens (including phenoxy) is 1. The molecule has 0 aromatic carbocycles. The van der Waals surface area contributed by atoms with Crippen LogP contribution in [0.15, 0.2) is 80.2 Å². The van der Waals surface area contributed by atoms with Crippen molar-refractivity contribution in [1.29, 1.82) is 0 Å². The Balaban J connectivity index is 0.000000297. The summed E-state index contributed by atoms with van der Waals surface area (Å²) < 4.78 is 4.49. The van der Waals surface area contributed by atoms with E-state index in [1.54, 1.807) is 45.6 Å². The van der Waals surface area contributed by atoms with Crippen LogP contribution in [0.2, 0.25) is 0 Å². The van der Waals surface area contributed by atoms with Crippen molar-refractivity contribution >= 4 is 17.5 Å². The maximum Gasteiger partial charge on any atom is 2.00 e. The van der Waals surface area contributed by atoms with Gasteiger partial charge in [0.05, 0.1) is 13.5 Å². The van der Waals surface area contributed by atoms with E-state index in [1.165, 1.54) is 12.7 Å². The van der Waals surface area contributed by atoms with Crippen LogP contribution in [0.4, 0.5) is 0 Å². The molecule has 0 aliphatic carbocycles. The molecule has 91 heavy (non-hydrogen) atoms. The normalized spacial score (nSPS) is 11.6. The zero-order chi connectivity index (χ0) is 67.3. The van der Waals surface area contributed by atoms with Crippen LogP contribution < -0.4 is 10.2 Å². The van der Waals surface area contributed by atoms with Gasteiger partial charge in [0.2, 0.25) is 11.6 Å². The van der Waals surface area contributed by atoms with Crippen LogP contribution >= 0.6 is 0 Å². The predicted octanol–water partition coefficient (Wildman–Crippen LogP) is 13.7. The van der Waals surface area contributed by atoms with Gasteiger partial charge in [-0.2, -0.15) is 5.10 Å². The quantitative estimate of drug-likeness (QED) is 0.0504. The monoisotopic (exact) mass is 1420 g/mol. The third-order valence-electron chi connectivity index (χ3n) is 13.2. The van der Waals surface area contributed by atoms with Crippen molar-refractivity contribution in [2.24, 2.45) is 35.0 Å². The number of ketones is 2. The molecule has 0 saturated carbocycles. The largest absolute Gasteiger partial charge is 2.00 e. The summed E-state index contributed by atoms with van der Waals surface area (Å²) in [7, 11) is 1.31. The van der Waals surface area contributed by atoms with Crippen LogP contribution in [0.3, 0.4) is 0 Å². The van der Waals surface area contributed by atoms with E-state index in [0.717, 1.165) is 88.5 Å². The number of Topliss-reactive ketones (excluding diaryl/α,β-unsaturated/α-hetero) is 2. The smallest absolute Gasteiger partial charge is 0.572 e. The van der Waals surface area contributed by atoms with Gasteiger partial charge in [-0.25, -0.2) is 54.6 Å². The third kappa shape index (κ3) is 27.5. The number of methoxy groups -OCH3 is 1. The molecule has 0 fully saturated rings. The second-order valence-corrected chi connectivity index (χ2v) is 29.0. The van der Waals surface area contributed by atoms with Crippen molar-refractivity contribution < 1.29 is 40.2 Å². The van der Waals surface area contributed by atoms with Gasteiger partial charge in [0, 0.05) is 101 Å². The third-order valence-corrected chi connectivity index (χ3v) is 13.2. The Hall–Kier alpha value is -7.47. The molecular weight excluding hydrogens is 1320 g/mol. The Morgan fingerprint density at radius 3 is 1.01 bits per heavy atom. The molecule has 0 aliphatic heterocycles. The Morgan fingerprint density at radius 2 is 0.747 bits per heavy atom. The van der Waals surface area contributed by atoms with E-state index in [9.17, 15) is 14.4 Å². The maximum atomic E-state index is 11.9. The molecule has 0 saturated heterocycles. The molecule has 1 N–H and O–H groups in total. The number of rotatable bonds is 17. The van der Waals surface area contributed by atoms with Crippen molar-refractivity contribution in [1.82, 2.24) is 80.4 Å². The molecule has 0 unspecified atom stereocenters. The van der Waals surface area contributed by atoms with Crippen molar-refractivity contribution in [3.05, 3.63) is 137 Å². The molecule has 21 heteroatoms. The van der Waals surface area contributed by atoms with Crippen molar-refractivity contribution in [3.63, 3.8) is 0 Å². The van der Waals surface area contributed by atoms with Gasteiger partial charge in [0.25, 0.3) is 0 Å². The fourth-order valence-corrected chi connectivity index (χ4v) is 8.25. The average Bonchev–Trinajstić information content (AvgIpc) is 1.84. The molecule has 0 spiro atoms. The number of aromatic amines is 1. The fraction of sp³-hybridized carbons (Fsp3) is 0.543. The first kappa shape index (κ1) is 77.8. The molecule has 494 valence electrons. The minimum absolute atomic E-state index is 0. The van der Waals surface area contributed by atoms with Gasteiger partial charge in [0.1, 0.15) is 23.1 Å². The molecule has 0 aliphatic rings. The van der Waals surface area contributed by atoms with E-state index in [0.29, 0.717) is 47.1 Å². The van der Waals surface area contributed by atoms with Crippen LogP contribution in [0.1, 0.15) is 225 Å². The van der Waals surface area contributed by atoms with E-state index in [1.807, 2.05) is 55.4 Å². The summed E-state index contributed by atoms with van der Waals surface area (Å²) in [6.07, 6.45) is 22.7. The number of carbonyl (C=O) groups is 3. The molecule has 20 nitrogen and oxygen atoms in total. The van der Waals surface area contributed by atoms with E-state index >= 15 is 0 Å². The van der Waals surface area contributed by atoms with Crippen molar-refractivity contribution in [2.75, 3.05) is 7.11 Å². The molecule has 8 aromatic rings. The van der Waals surface area contributed by atoms with Crippen molar-refractivity contribution in [3.8, 4) is 34.6 Å². The molecule has 8 rings (SSSR count). The number of carbonyl (C=O) groups excluding carboxylic acids is 3. The zero-order valence-corrected chi connectivity index (χ0v) is 60.6. The molecule has 8 aromatic heterocycles. The number of hydrogen-bond acceptors (Lipinski definition) is 17. The van der Waals surface area contributed by atoms with Crippen LogP contribution in [0.5, 0.6) is 0 Å². The van der Waals surface area contributed by atoms with E-state index in [-0.39, 0.29) is 66.9 Å². The molecule has 0 atom stereocenters. The molecule has 0 radical (unpaired) electrons. The second kappa shape index (κ2) is 35.4. The molecular formula is C70H100N16O4Pt. The average molecular weight is 1420 g/mol. The van der Waals surface area contributed by atoms with Gasteiger partial charge < -0.3 is 25.1 Å². The van der Waals surface area contributed by atoms with Crippen LogP contribution in [-0.4, -0.2) is 94.9 Å². The van der Waals surface area contributed by atoms with Crippen molar-refractivity contribution in [2.45, 2.75) is 207 Å². The van der Waals surface area contributed by atoms with Gasteiger partial charge >= 0.3 is 27.0 Å². The summed E-state index contributed by atoms with van der Waals surface area (Å²) >= 11 is 0. The Kier molecular flexibility index (Phi) is 30.2. The maximum absolute atomic E-state index is 11.9. The van der Waals surface area contributed by atoms with Crippen LogP contribution in [0.25, 0.3) is 34.6 Å². The van der Waals surface area contributed by atoms with Crippen LogP contribution in [0, 0.1) is 35.0 Å². The zero-order valence-electron chi connectivity index (χ0n) is 58.3. The van der Waals surface area contributed by atoms with Gasteiger partial charge in [-0.3, -0.25) is 14.7 Å². The fourth-order valence-electron chi connectivity index (χ4n) is 8.25. The number of nitrogens with one attached hydrogen (secondary N) is 1. The second-order valence-electron chi connectivity index (χ2n) is 29.0. The summed E-state index contributed by atoms with van der Waals surface area (Å²) in [6, 6.07) is 5.96. The first-order valence-corrected chi connectivity index (χ1v) is 31.2. The number of hydrogen-bond donors (Lipinski definition) is 1. The van der Waals surface area contributed by atoms with Gasteiger partial charge in [0.15, 0.2) is 11.6 Å². The molecule has 0 amide bonds. The minimum atomic E-state index is -0.507. The number of aromatic nitrogens is 16. The minimum Gasteiger partial charge on any atom is -0.572 e. The van der Waals surface area contributed by atoms with E-state index < -0.39 is 11.4 Å². The van der Waals surface area contributed by atoms with E-state index in [2.05, 4.69) is 217 Å². The Bertz CT molecular complexity index is 3190. The van der Waals surface area contributed by atoms with Gasteiger partial charge in [-0.1, -0.05) is 176 Å². The van der Waals surface area contributed by atoms with Gasteiger partial charge in [-0.15, -0.1) is 0 Å². The number of H-pyrrole nitrogens is 1. The summed E-state index contributed by atoms with van der Waals surface area (Å²) in [6.45, 7) is 46.2. The first-order chi connectivity index (χ1) is 41.9. The SMILES string of the molecule is CC(C)Cc1cnc(-c2cc(C(C)(C)C)[nH]n2)nc1.CC(C)Cc1cnc(-c2cc(C(C)(C)C)n[n-]2)nc1.CC(C)Cc1cnc(-c2cc(C(C)(C)C)n[n-]2)nc1.CC(C)Cc1cnc(C(=O)CC(=O)C(C)(C)C)nc1.COC(=O)c1ncc(CC(C)C)cn1.[Pt+2]. The predicted molar refractivity (Wildman–Crippen MR) is 354 cm³/mol. The van der Waals surface area contributed by atoms with Gasteiger partial charge in [-0.05, 0) is 95.6 Å². The summed E-state index contributed by atoms with van der Waals surface area (Å²) in [5.41, 5.74) is 10.4. The summed E-state index contributed by atoms with van der Waals surface area (Å²) in [5.74, 6) is 4.24. The topological polar surface area (TPSA) is 272 Å². The Morgan fingerprint density at radius 1 is 0.440 bits per heavy atom. The molecule has 0 bridgehead atoms. The number of esters is 1. The Labute approximate surface area is 555 Å². The summed E-state index contributed by atoms with van der Waals surface area (Å²) in [4.78, 5) is 77.0. The van der Waals surface area contributed by atoms with E-state index in [4.69, 9.17) is 0 Å². The number of nitrogens with zero attached hydrogens (tertiary/aromatic N) is 15. The first-order valence-electron chi connectivity index (χ1n) is 31.2. The standard InChI is InChI=1S/C15H22N4.2C15H21N4.C15H22N2O2.C10H14N2O2.Pt/c3*1-10(2)6-11-8-16-14(17-9-11)12-7-13(19-18-12)15(3,4)5;1-10(2)6-11-8-16-14(17-9-11)12(18)7-13(19)15(3,4)5;1-7(2)4-8-5-11-9(12-6-8)10(13)14-3;/h7-10H,6H2,1-5H3,(H,18,19);2*7-10H,6H2,1-5H3;8-10H,6-7H2,1-5H3;5-7H,4H2,1-3H3;/q;2*-1;;;+2.